The highest BCUT2D eigenvalue weighted by Crippen LogP contribution is 2.32. The number of halogens is 6. The van der Waals surface area contributed by atoms with Gasteiger partial charge in [-0.15, -0.1) is 0 Å². The molecule has 0 atom stereocenters. The number of hydrogen-bond acceptors (Lipinski definition) is 13. The Bertz CT molecular complexity index is 4460. The van der Waals surface area contributed by atoms with E-state index < -0.39 is 46.8 Å². The zero-order valence-electron chi connectivity index (χ0n) is 49.3. The topological polar surface area (TPSA) is 177 Å². The first-order valence-electron chi connectivity index (χ1n) is 28.5. The molecule has 0 aliphatic carbocycles. The van der Waals surface area contributed by atoms with Crippen LogP contribution in [0.3, 0.4) is 0 Å². The van der Waals surface area contributed by atoms with Crippen LogP contribution in [0.5, 0.6) is 11.8 Å². The van der Waals surface area contributed by atoms with Crippen LogP contribution in [0.4, 0.5) is 26.3 Å². The average Bonchev–Trinajstić information content (AvgIpc) is 1.72. The third-order valence-electron chi connectivity index (χ3n) is 15.4. The van der Waals surface area contributed by atoms with E-state index in [0.717, 1.165) is 35.7 Å². The summed E-state index contributed by atoms with van der Waals surface area (Å²) in [7, 11) is 6.50. The highest BCUT2D eigenvalue weighted by atomic mass is 19.1. The van der Waals surface area contributed by atoms with Gasteiger partial charge in [-0.3, -0.25) is 9.36 Å². The molecule has 0 N–H and O–H groups in total. The normalized spacial score (nSPS) is 11.5. The second-order valence-corrected chi connectivity index (χ2v) is 21.2. The zero-order valence-corrected chi connectivity index (χ0v) is 49.3. The van der Waals surface area contributed by atoms with Gasteiger partial charge in [-0.25, -0.2) is 55.9 Å². The minimum atomic E-state index is -0.995. The number of carbonyl (C=O) groups is 2. The van der Waals surface area contributed by atoms with Gasteiger partial charge in [-0.05, 0) is 108 Å². The van der Waals surface area contributed by atoms with Crippen LogP contribution in [0.15, 0.2) is 158 Å². The van der Waals surface area contributed by atoms with Crippen molar-refractivity contribution in [1.82, 2.24) is 48.6 Å². The standard InChI is InChI=1S/C68H54F6N10O7/c1-81-59(19-21-75-81)39-11-13-43(49(69)27-39)37-89-65-9-5-7-55(79-65)47-35-51(71)45(29-53(47)73)33-63-77-57-17-15-41(31-61(57)83(63)23-25-87-3)67(85)91-68(86)42-16-18-58-62(32-42)84(24-26-88-4)64(78-58)34-46-30-54(74)48(36-52(46)72)56-8-6-10-66(80-56)90-38-44-14-12-40(28-50(44)70)60-20-22-76-82(60)2/h5-22,27-32,35-36H,23-26,33-34,37-38H2,1-4H3. The number of esters is 2. The molecule has 0 aliphatic heterocycles. The van der Waals surface area contributed by atoms with Gasteiger partial charge in [0.1, 0.15) is 59.8 Å². The molecule has 6 heterocycles. The minimum Gasteiger partial charge on any atom is -0.473 e. The van der Waals surface area contributed by atoms with E-state index in [1.54, 1.807) is 106 Å². The highest BCUT2D eigenvalue weighted by Gasteiger charge is 2.24. The van der Waals surface area contributed by atoms with E-state index in [9.17, 15) is 9.59 Å². The van der Waals surface area contributed by atoms with Crippen LogP contribution in [0.25, 0.3) is 67.1 Å². The first kappa shape index (κ1) is 60.5. The molecule has 0 unspecified atom stereocenters. The number of imidazole rings is 2. The van der Waals surface area contributed by atoms with Gasteiger partial charge < -0.3 is 32.8 Å². The van der Waals surface area contributed by atoms with Crippen molar-refractivity contribution < 1.29 is 59.6 Å². The van der Waals surface area contributed by atoms with Gasteiger partial charge in [-0.2, -0.15) is 10.2 Å². The van der Waals surface area contributed by atoms with Crippen molar-refractivity contribution in [2.45, 2.75) is 39.1 Å². The summed E-state index contributed by atoms with van der Waals surface area (Å²) >= 11 is 0. The fraction of sp³-hybridized carbons (Fsp3) is 0.176. The number of hydrogen-bond donors (Lipinski definition) is 0. The van der Waals surface area contributed by atoms with Crippen LogP contribution in [-0.2, 0) is 67.5 Å². The van der Waals surface area contributed by atoms with Crippen LogP contribution in [-0.4, -0.2) is 88.0 Å². The molecular weight excluding hydrogens is 1180 g/mol. The van der Waals surface area contributed by atoms with Crippen molar-refractivity contribution in [2.75, 3.05) is 27.4 Å². The summed E-state index contributed by atoms with van der Waals surface area (Å²) in [4.78, 5) is 45.8. The number of pyridine rings is 2. The fourth-order valence-corrected chi connectivity index (χ4v) is 10.7. The number of benzene rings is 6. The molecule has 0 spiro atoms. The number of carbonyl (C=O) groups excluding carboxylic acids is 2. The Hall–Kier alpha value is -10.8. The summed E-state index contributed by atoms with van der Waals surface area (Å²) in [6.07, 6.45) is 2.88. The van der Waals surface area contributed by atoms with Crippen LogP contribution < -0.4 is 9.47 Å². The number of methoxy groups -OCH3 is 2. The molecule has 23 heteroatoms. The monoisotopic (exact) mass is 1240 g/mol. The van der Waals surface area contributed by atoms with Gasteiger partial charge in [0.2, 0.25) is 11.8 Å². The molecule has 17 nitrogen and oxygen atoms in total. The number of aromatic nitrogens is 10. The maximum absolute atomic E-state index is 16.1. The second-order valence-electron chi connectivity index (χ2n) is 21.2. The largest absolute Gasteiger partial charge is 0.473 e. The third kappa shape index (κ3) is 12.9. The van der Waals surface area contributed by atoms with Gasteiger partial charge >= 0.3 is 11.9 Å². The number of nitrogens with zero attached hydrogens (tertiary/aromatic N) is 10. The van der Waals surface area contributed by atoms with Crippen molar-refractivity contribution in [3.8, 4) is 56.8 Å². The Morgan fingerprint density at radius 3 is 1.27 bits per heavy atom. The van der Waals surface area contributed by atoms with Gasteiger partial charge in [0.05, 0.1) is 69.2 Å². The Morgan fingerprint density at radius 1 is 0.451 bits per heavy atom. The maximum Gasteiger partial charge on any atom is 0.346 e. The van der Waals surface area contributed by atoms with E-state index in [4.69, 9.17) is 33.7 Å². The molecule has 0 radical (unpaired) electrons. The van der Waals surface area contributed by atoms with Gasteiger partial charge in [0, 0.05) is 112 Å². The smallest absolute Gasteiger partial charge is 0.346 e. The lowest BCUT2D eigenvalue weighted by Gasteiger charge is -2.12. The lowest BCUT2D eigenvalue weighted by atomic mass is 10.0. The Kier molecular flexibility index (Phi) is 17.4. The van der Waals surface area contributed by atoms with Crippen molar-refractivity contribution in [1.29, 1.82) is 0 Å². The van der Waals surface area contributed by atoms with E-state index >= 15 is 26.3 Å². The van der Waals surface area contributed by atoms with Gasteiger partial charge in [0.25, 0.3) is 0 Å². The summed E-state index contributed by atoms with van der Waals surface area (Å²) in [5, 5.41) is 8.26. The van der Waals surface area contributed by atoms with E-state index in [2.05, 4.69) is 20.2 Å². The Balaban J connectivity index is 0.719. The quantitative estimate of drug-likeness (QED) is 0.0356. The Morgan fingerprint density at radius 2 is 0.879 bits per heavy atom. The number of ether oxygens (including phenoxy) is 5. The molecule has 0 aliphatic rings. The number of aryl methyl sites for hydroxylation is 2. The minimum absolute atomic E-state index is 0.0169. The van der Waals surface area contributed by atoms with Crippen molar-refractivity contribution in [3.05, 3.63) is 238 Å². The molecule has 6 aromatic heterocycles. The first-order chi connectivity index (χ1) is 44.1. The molecule has 0 amide bonds. The molecule has 0 fully saturated rings. The highest BCUT2D eigenvalue weighted by molar-refractivity contribution is 6.05. The lowest BCUT2D eigenvalue weighted by molar-refractivity contribution is 0.0397. The van der Waals surface area contributed by atoms with E-state index in [-0.39, 0.29) is 120 Å². The van der Waals surface area contributed by atoms with Crippen molar-refractivity contribution in [2.24, 2.45) is 14.1 Å². The predicted molar refractivity (Wildman–Crippen MR) is 324 cm³/mol. The summed E-state index contributed by atoms with van der Waals surface area (Å²) in [5.41, 5.74) is 4.71. The summed E-state index contributed by atoms with van der Waals surface area (Å²) < 4.78 is 129. The Labute approximate surface area is 515 Å². The molecule has 460 valence electrons. The molecule has 0 bridgehead atoms. The summed E-state index contributed by atoms with van der Waals surface area (Å²) in [6, 6.07) is 35.3. The maximum atomic E-state index is 16.1. The third-order valence-corrected chi connectivity index (χ3v) is 15.4. The number of fused-ring (bicyclic) bond motifs is 2. The van der Waals surface area contributed by atoms with Gasteiger partial charge in [0.15, 0.2) is 0 Å². The molecule has 0 saturated heterocycles. The van der Waals surface area contributed by atoms with Crippen molar-refractivity contribution >= 4 is 34.0 Å². The van der Waals surface area contributed by atoms with E-state index in [1.807, 2.05) is 0 Å². The summed E-state index contributed by atoms with van der Waals surface area (Å²) in [5.74, 6) is -5.27. The zero-order chi connectivity index (χ0) is 63.4. The second kappa shape index (κ2) is 26.1. The molecule has 12 rings (SSSR count). The molecular formula is C68H54F6N10O7. The van der Waals surface area contributed by atoms with Crippen LogP contribution in [0, 0.1) is 34.9 Å². The van der Waals surface area contributed by atoms with Crippen LogP contribution >= 0.6 is 0 Å². The van der Waals surface area contributed by atoms with Crippen LogP contribution in [0.1, 0.15) is 54.6 Å². The lowest BCUT2D eigenvalue weighted by Crippen LogP contribution is -2.14. The van der Waals surface area contributed by atoms with Gasteiger partial charge in [-0.1, -0.05) is 36.4 Å². The molecule has 0 saturated carbocycles. The molecule has 91 heavy (non-hydrogen) atoms. The van der Waals surface area contributed by atoms with Crippen molar-refractivity contribution in [3.63, 3.8) is 0 Å². The fourth-order valence-electron chi connectivity index (χ4n) is 10.7. The SMILES string of the molecule is COCCn1c(Cc2cc(F)c(-c3cccc(OCc4ccc(-c5ccnn5C)cc4F)n3)cc2F)nc2ccc(C(=O)OC(=O)c3ccc4nc(Cc5cc(F)c(-c6cccc(OCc7ccc(-c8ccnn8C)cc7F)n6)cc5F)n(CCOC)c4c3)cc21. The predicted octanol–water partition coefficient (Wildman–Crippen LogP) is 12.8. The van der Waals surface area contributed by atoms with E-state index in [0.29, 0.717) is 44.8 Å². The first-order valence-corrected chi connectivity index (χ1v) is 28.5. The van der Waals surface area contributed by atoms with E-state index in [1.165, 1.54) is 74.9 Å². The van der Waals surface area contributed by atoms with Crippen LogP contribution in [0.2, 0.25) is 0 Å². The molecule has 12 aromatic rings. The summed E-state index contributed by atoms with van der Waals surface area (Å²) in [6.45, 7) is 0.396. The molecule has 6 aromatic carbocycles. The number of rotatable bonds is 22. The average molecular weight is 1240 g/mol.